The molecular weight excluding hydrogens is 304 g/mol. The van der Waals surface area contributed by atoms with E-state index < -0.39 is 6.04 Å². The summed E-state index contributed by atoms with van der Waals surface area (Å²) in [5.41, 5.74) is 7.47. The van der Waals surface area contributed by atoms with Gasteiger partial charge in [-0.05, 0) is 28.1 Å². The van der Waals surface area contributed by atoms with Gasteiger partial charge in [-0.3, -0.25) is 4.79 Å². The minimum absolute atomic E-state index is 0.138. The Labute approximate surface area is 111 Å². The molecule has 4 nitrogen and oxygen atoms in total. The molecule has 1 atom stereocenters. The van der Waals surface area contributed by atoms with Crippen LogP contribution in [0.4, 0.5) is 5.69 Å². The summed E-state index contributed by atoms with van der Waals surface area (Å²) in [4.78, 5) is 12.6. The Kier molecular flexibility index (Phi) is 2.90. The minimum atomic E-state index is -0.549. The van der Waals surface area contributed by atoms with E-state index in [0.717, 1.165) is 33.8 Å². The summed E-state index contributed by atoms with van der Waals surface area (Å²) < 4.78 is 6.13. The van der Waals surface area contributed by atoms with E-state index in [4.69, 9.17) is 10.5 Å². The number of benzene rings is 1. The van der Waals surface area contributed by atoms with Gasteiger partial charge in [0, 0.05) is 20.6 Å². The highest BCUT2D eigenvalue weighted by Gasteiger charge is 2.29. The lowest BCUT2D eigenvalue weighted by Crippen LogP contribution is -2.30. The fourth-order valence-electron chi connectivity index (χ4n) is 1.84. The van der Waals surface area contributed by atoms with Crippen LogP contribution < -0.4 is 11.1 Å². The molecule has 6 heteroatoms. The van der Waals surface area contributed by atoms with Crippen molar-refractivity contribution in [1.82, 2.24) is 0 Å². The Morgan fingerprint density at radius 2 is 2.24 bits per heavy atom. The van der Waals surface area contributed by atoms with Gasteiger partial charge in [-0.2, -0.15) is 0 Å². The van der Waals surface area contributed by atoms with E-state index in [-0.39, 0.29) is 5.91 Å². The first kappa shape index (κ1) is 11.5. The van der Waals surface area contributed by atoms with Gasteiger partial charge in [-0.25, -0.2) is 0 Å². The van der Waals surface area contributed by atoms with Crippen molar-refractivity contribution in [2.45, 2.75) is 16.2 Å². The van der Waals surface area contributed by atoms with Crippen molar-refractivity contribution in [2.24, 2.45) is 5.73 Å². The van der Waals surface area contributed by atoms with E-state index >= 15 is 0 Å². The number of halogens is 1. The monoisotopic (exact) mass is 314 g/mol. The molecule has 3 rings (SSSR count). The van der Waals surface area contributed by atoms with Gasteiger partial charge in [0.05, 0.1) is 18.5 Å². The first-order chi connectivity index (χ1) is 8.15. The molecule has 1 unspecified atom stereocenters. The molecule has 1 saturated heterocycles. The maximum absolute atomic E-state index is 11.5. The lowest BCUT2D eigenvalue weighted by Gasteiger charge is -2.25. The average Bonchev–Trinajstić information content (AvgIpc) is 2.50. The lowest BCUT2D eigenvalue weighted by molar-refractivity contribution is -0.116. The number of fused-ring (bicyclic) bond motifs is 1. The molecule has 0 bridgehead atoms. The minimum Gasteiger partial charge on any atom is -0.379 e. The first-order valence-electron chi connectivity index (χ1n) is 5.29. The van der Waals surface area contributed by atoms with Gasteiger partial charge in [-0.15, -0.1) is 11.8 Å². The van der Waals surface area contributed by atoms with Gasteiger partial charge >= 0.3 is 0 Å². The van der Waals surface area contributed by atoms with Crippen molar-refractivity contribution in [3.8, 4) is 0 Å². The summed E-state index contributed by atoms with van der Waals surface area (Å²) in [5.74, 6) is -0.138. The zero-order chi connectivity index (χ0) is 12.0. The molecule has 0 spiro atoms. The molecule has 3 N–H and O–H groups in total. The van der Waals surface area contributed by atoms with Crippen LogP contribution >= 0.6 is 27.7 Å². The lowest BCUT2D eigenvalue weighted by atomic mass is 10.1. The Bertz CT molecular complexity index is 491. The number of ether oxygens (including phenoxy) is 1. The highest BCUT2D eigenvalue weighted by Crippen LogP contribution is 2.40. The fourth-order valence-corrected chi connectivity index (χ4v) is 3.52. The van der Waals surface area contributed by atoms with Crippen LogP contribution in [0.15, 0.2) is 21.5 Å². The van der Waals surface area contributed by atoms with Gasteiger partial charge in [0.25, 0.3) is 0 Å². The maximum Gasteiger partial charge on any atom is 0.245 e. The highest BCUT2D eigenvalue weighted by atomic mass is 79.9. The van der Waals surface area contributed by atoms with Crippen LogP contribution in [-0.2, 0) is 9.53 Å². The van der Waals surface area contributed by atoms with Crippen LogP contribution in [0.1, 0.15) is 11.6 Å². The van der Waals surface area contributed by atoms with E-state index in [1.807, 2.05) is 12.1 Å². The van der Waals surface area contributed by atoms with Crippen LogP contribution in [0.2, 0.25) is 0 Å². The molecule has 0 saturated carbocycles. The van der Waals surface area contributed by atoms with Gasteiger partial charge in [0.1, 0.15) is 6.04 Å². The number of rotatable bonds is 2. The third kappa shape index (κ3) is 1.99. The summed E-state index contributed by atoms with van der Waals surface area (Å²) in [6.07, 6.45) is 0. The van der Waals surface area contributed by atoms with Crippen LogP contribution in [0, 0.1) is 0 Å². The topological polar surface area (TPSA) is 64.4 Å². The molecule has 1 fully saturated rings. The number of hydrogen-bond acceptors (Lipinski definition) is 4. The number of carbonyl (C=O) groups is 1. The molecule has 0 radical (unpaired) electrons. The second-order valence-electron chi connectivity index (χ2n) is 4.11. The van der Waals surface area contributed by atoms with Crippen molar-refractivity contribution in [1.29, 1.82) is 0 Å². The standard InChI is InChI=1S/C11H11BrN2O2S/c12-7-1-6-8(14-11(15)10(6)13)2-9(7)17-5-3-16-4-5/h1-2,5,10H,3-4,13H2,(H,14,15). The molecule has 1 aromatic rings. The van der Waals surface area contributed by atoms with E-state index in [1.54, 1.807) is 11.8 Å². The number of carbonyl (C=O) groups excluding carboxylic acids is 1. The van der Waals surface area contributed by atoms with Crippen LogP contribution in [0.25, 0.3) is 0 Å². The molecule has 2 aliphatic heterocycles. The van der Waals surface area contributed by atoms with Crippen molar-refractivity contribution in [3.63, 3.8) is 0 Å². The number of hydrogen-bond donors (Lipinski definition) is 2. The van der Waals surface area contributed by atoms with Gasteiger partial charge in [0.2, 0.25) is 5.91 Å². The number of nitrogens with one attached hydrogen (secondary N) is 1. The Morgan fingerprint density at radius 1 is 1.47 bits per heavy atom. The Balaban J connectivity index is 1.91. The fraction of sp³-hybridized carbons (Fsp3) is 0.364. The molecule has 0 aliphatic carbocycles. The van der Waals surface area contributed by atoms with Gasteiger partial charge in [-0.1, -0.05) is 0 Å². The SMILES string of the molecule is NC1C(=O)Nc2cc(SC3COC3)c(Br)cc21. The molecule has 90 valence electrons. The molecule has 1 aromatic carbocycles. The van der Waals surface area contributed by atoms with Gasteiger partial charge in [0.15, 0.2) is 0 Å². The number of thioether (sulfide) groups is 1. The maximum atomic E-state index is 11.5. The number of nitrogens with two attached hydrogens (primary N) is 1. The van der Waals surface area contributed by atoms with Crippen molar-refractivity contribution >= 4 is 39.3 Å². The number of anilines is 1. The average molecular weight is 315 g/mol. The molecule has 17 heavy (non-hydrogen) atoms. The summed E-state index contributed by atoms with van der Waals surface area (Å²) in [5, 5.41) is 3.30. The van der Waals surface area contributed by atoms with Crippen molar-refractivity contribution in [2.75, 3.05) is 18.5 Å². The molecular formula is C11H11BrN2O2S. The van der Waals surface area contributed by atoms with E-state index in [0.29, 0.717) is 5.25 Å². The summed E-state index contributed by atoms with van der Waals surface area (Å²) in [6.45, 7) is 1.58. The molecule has 2 heterocycles. The molecule has 1 amide bonds. The summed E-state index contributed by atoms with van der Waals surface area (Å²) >= 11 is 5.28. The second kappa shape index (κ2) is 4.28. The zero-order valence-corrected chi connectivity index (χ0v) is 11.3. The first-order valence-corrected chi connectivity index (χ1v) is 6.96. The van der Waals surface area contributed by atoms with Crippen LogP contribution in [0.5, 0.6) is 0 Å². The quantitative estimate of drug-likeness (QED) is 0.875. The second-order valence-corrected chi connectivity index (χ2v) is 6.31. The van der Waals surface area contributed by atoms with Gasteiger partial charge < -0.3 is 15.8 Å². The van der Waals surface area contributed by atoms with Crippen LogP contribution in [0.3, 0.4) is 0 Å². The predicted molar refractivity (Wildman–Crippen MR) is 70.2 cm³/mol. The van der Waals surface area contributed by atoms with Crippen molar-refractivity contribution in [3.05, 3.63) is 22.2 Å². The largest absolute Gasteiger partial charge is 0.379 e. The molecule has 0 aromatic heterocycles. The van der Waals surface area contributed by atoms with E-state index in [2.05, 4.69) is 21.2 Å². The third-order valence-electron chi connectivity index (χ3n) is 2.88. The normalized spacial score (nSPS) is 23.2. The molecule has 2 aliphatic rings. The highest BCUT2D eigenvalue weighted by molar-refractivity contribution is 9.10. The summed E-state index contributed by atoms with van der Waals surface area (Å²) in [6, 6.07) is 3.36. The Morgan fingerprint density at radius 3 is 2.88 bits per heavy atom. The van der Waals surface area contributed by atoms with Crippen LogP contribution in [-0.4, -0.2) is 24.4 Å². The smallest absolute Gasteiger partial charge is 0.245 e. The third-order valence-corrected chi connectivity index (χ3v) is 5.00. The summed E-state index contributed by atoms with van der Waals surface area (Å²) in [7, 11) is 0. The number of amides is 1. The van der Waals surface area contributed by atoms with Crippen molar-refractivity contribution < 1.29 is 9.53 Å². The zero-order valence-electron chi connectivity index (χ0n) is 8.90. The van der Waals surface area contributed by atoms with E-state index in [9.17, 15) is 4.79 Å². The van der Waals surface area contributed by atoms with E-state index in [1.165, 1.54) is 0 Å². The predicted octanol–water partition coefficient (Wildman–Crippen LogP) is 1.89. The Hall–Kier alpha value is -0.560.